The number of hydrogen-bond donors (Lipinski definition) is 3. The Labute approximate surface area is 184 Å². The molecule has 3 aromatic carbocycles. The average Bonchev–Trinajstić information content (AvgIpc) is 3.07. The first-order valence-corrected chi connectivity index (χ1v) is 10.2. The average molecular weight is 431 g/mol. The summed E-state index contributed by atoms with van der Waals surface area (Å²) in [5.41, 5.74) is 4.66. The molecule has 0 saturated carbocycles. The van der Waals surface area contributed by atoms with Crippen molar-refractivity contribution in [1.82, 2.24) is 5.32 Å². The van der Waals surface area contributed by atoms with Crippen molar-refractivity contribution >= 4 is 29.0 Å². The maximum absolute atomic E-state index is 13.7. The van der Waals surface area contributed by atoms with Crippen LogP contribution in [0.5, 0.6) is 0 Å². The van der Waals surface area contributed by atoms with Gasteiger partial charge >= 0.3 is 5.97 Å². The van der Waals surface area contributed by atoms with E-state index in [0.29, 0.717) is 40.3 Å². The molecule has 0 bridgehead atoms. The predicted octanol–water partition coefficient (Wildman–Crippen LogP) is 4.03. The second kappa shape index (κ2) is 9.11. The van der Waals surface area contributed by atoms with Crippen molar-refractivity contribution in [3.8, 4) is 0 Å². The molecule has 7 heteroatoms. The Morgan fingerprint density at radius 2 is 1.88 bits per heavy atom. The molecule has 6 nitrogen and oxygen atoms in total. The van der Waals surface area contributed by atoms with Gasteiger partial charge in [-0.2, -0.15) is 0 Å². The molecule has 3 N–H and O–H groups in total. The minimum Gasteiger partial charge on any atom is -0.481 e. The number of rotatable bonds is 7. The normalized spacial score (nSPS) is 15.4. The molecular weight excluding hydrogens is 409 g/mol. The van der Waals surface area contributed by atoms with Crippen LogP contribution in [0, 0.1) is 5.82 Å². The second-order valence-corrected chi connectivity index (χ2v) is 7.62. The molecule has 1 unspecified atom stereocenters. The van der Waals surface area contributed by atoms with Crippen LogP contribution in [0.3, 0.4) is 0 Å². The zero-order valence-corrected chi connectivity index (χ0v) is 17.4. The van der Waals surface area contributed by atoms with E-state index in [-0.39, 0.29) is 12.3 Å². The highest BCUT2D eigenvalue weighted by Crippen LogP contribution is 2.36. The molecule has 0 saturated heterocycles. The summed E-state index contributed by atoms with van der Waals surface area (Å²) in [4.78, 5) is 28.8. The molecule has 1 aliphatic heterocycles. The lowest BCUT2D eigenvalue weighted by Crippen LogP contribution is -2.22. The number of anilines is 1. The Morgan fingerprint density at radius 3 is 2.59 bits per heavy atom. The fourth-order valence-electron chi connectivity index (χ4n) is 3.85. The van der Waals surface area contributed by atoms with Crippen LogP contribution in [-0.4, -0.2) is 29.7 Å². The molecular formula is C25H22FN3O3. The van der Waals surface area contributed by atoms with Crippen molar-refractivity contribution in [3.63, 3.8) is 0 Å². The van der Waals surface area contributed by atoms with E-state index in [4.69, 9.17) is 10.1 Å². The van der Waals surface area contributed by atoms with Gasteiger partial charge in [-0.15, -0.1) is 0 Å². The minimum absolute atomic E-state index is 0.0924. The number of carboxylic acids is 1. The van der Waals surface area contributed by atoms with E-state index >= 15 is 0 Å². The van der Waals surface area contributed by atoms with Gasteiger partial charge in [0.25, 0.3) is 0 Å². The quantitative estimate of drug-likeness (QED) is 0.493. The lowest BCUT2D eigenvalue weighted by atomic mass is 9.90. The Kier molecular flexibility index (Phi) is 6.09. The minimum atomic E-state index is -0.917. The van der Waals surface area contributed by atoms with E-state index in [0.717, 1.165) is 5.56 Å². The van der Waals surface area contributed by atoms with E-state index in [1.807, 2.05) is 31.3 Å². The van der Waals surface area contributed by atoms with Crippen molar-refractivity contribution in [2.24, 2.45) is 4.99 Å². The number of benzene rings is 3. The number of nitrogens with one attached hydrogen (secondary N) is 2. The van der Waals surface area contributed by atoms with Crippen molar-refractivity contribution in [1.29, 1.82) is 0 Å². The van der Waals surface area contributed by atoms with E-state index in [1.165, 1.54) is 12.1 Å². The third-order valence-corrected chi connectivity index (χ3v) is 5.27. The molecule has 0 fully saturated rings. The summed E-state index contributed by atoms with van der Waals surface area (Å²) in [5, 5.41) is 14.9. The van der Waals surface area contributed by atoms with Gasteiger partial charge in [-0.05, 0) is 53.6 Å². The summed E-state index contributed by atoms with van der Waals surface area (Å²) in [6, 6.07) is 18.9. The Hall–Kier alpha value is -3.84. The maximum Gasteiger partial charge on any atom is 0.307 e. The fourth-order valence-corrected chi connectivity index (χ4v) is 3.85. The summed E-state index contributed by atoms with van der Waals surface area (Å²) in [7, 11) is 1.86. The lowest BCUT2D eigenvalue weighted by molar-refractivity contribution is -0.136. The van der Waals surface area contributed by atoms with Gasteiger partial charge in [0, 0.05) is 12.2 Å². The first-order chi connectivity index (χ1) is 15.4. The first kappa shape index (κ1) is 21.4. The molecule has 162 valence electrons. The van der Waals surface area contributed by atoms with Gasteiger partial charge < -0.3 is 15.7 Å². The lowest BCUT2D eigenvalue weighted by Gasteiger charge is -2.15. The van der Waals surface area contributed by atoms with Crippen LogP contribution < -0.4 is 10.6 Å². The monoisotopic (exact) mass is 431 g/mol. The van der Waals surface area contributed by atoms with Crippen LogP contribution in [0.2, 0.25) is 0 Å². The third-order valence-electron chi connectivity index (χ3n) is 5.27. The Bertz CT molecular complexity index is 1210. The molecule has 1 atom stereocenters. The molecule has 0 radical (unpaired) electrons. The molecule has 0 aromatic heterocycles. The van der Waals surface area contributed by atoms with E-state index in [1.54, 1.807) is 30.3 Å². The molecule has 0 spiro atoms. The fraction of sp³-hybridized carbons (Fsp3) is 0.160. The van der Waals surface area contributed by atoms with Gasteiger partial charge in [-0.25, -0.2) is 4.39 Å². The predicted molar refractivity (Wildman–Crippen MR) is 121 cm³/mol. The molecule has 4 rings (SSSR count). The summed E-state index contributed by atoms with van der Waals surface area (Å²) < 4.78 is 13.7. The van der Waals surface area contributed by atoms with Crippen LogP contribution >= 0.6 is 0 Å². The van der Waals surface area contributed by atoms with Gasteiger partial charge in [0.1, 0.15) is 11.7 Å². The highest BCUT2D eigenvalue weighted by atomic mass is 19.1. The zero-order valence-electron chi connectivity index (χ0n) is 17.4. The van der Waals surface area contributed by atoms with Gasteiger partial charge in [-0.1, -0.05) is 42.5 Å². The topological polar surface area (TPSA) is 90.8 Å². The summed E-state index contributed by atoms with van der Waals surface area (Å²) in [6.45, 7) is 0.675. The number of aliphatic imine (C=N–C) groups is 1. The third kappa shape index (κ3) is 4.58. The van der Waals surface area contributed by atoms with Crippen molar-refractivity contribution in [2.75, 3.05) is 12.4 Å². The van der Waals surface area contributed by atoms with Crippen LogP contribution in [0.4, 0.5) is 15.8 Å². The number of fused-ring (bicyclic) bond motifs is 1. The van der Waals surface area contributed by atoms with Crippen LogP contribution in [0.15, 0.2) is 71.7 Å². The number of nitrogens with zero attached hydrogens (tertiary/aromatic N) is 1. The van der Waals surface area contributed by atoms with Gasteiger partial charge in [-0.3, -0.25) is 14.6 Å². The van der Waals surface area contributed by atoms with Crippen LogP contribution in [0.1, 0.15) is 28.2 Å². The van der Waals surface area contributed by atoms with Crippen molar-refractivity contribution < 1.29 is 19.1 Å². The number of hydrogen-bond acceptors (Lipinski definition) is 4. The summed E-state index contributed by atoms with van der Waals surface area (Å²) in [5.74, 6) is -2.35. The number of halogens is 1. The smallest absolute Gasteiger partial charge is 0.307 e. The first-order valence-electron chi connectivity index (χ1n) is 10.2. The molecule has 1 aliphatic rings. The van der Waals surface area contributed by atoms with E-state index < -0.39 is 17.7 Å². The second-order valence-electron chi connectivity index (χ2n) is 7.62. The van der Waals surface area contributed by atoms with Crippen molar-refractivity contribution in [2.45, 2.75) is 18.9 Å². The Morgan fingerprint density at radius 1 is 1.09 bits per heavy atom. The molecule has 3 aromatic rings. The molecule has 1 heterocycles. The molecule has 1 amide bonds. The van der Waals surface area contributed by atoms with Crippen LogP contribution in [0.25, 0.3) is 0 Å². The number of aliphatic carboxylic acids is 1. The van der Waals surface area contributed by atoms with E-state index in [2.05, 4.69) is 10.6 Å². The Balaban J connectivity index is 1.81. The summed E-state index contributed by atoms with van der Waals surface area (Å²) >= 11 is 0. The highest BCUT2D eigenvalue weighted by Gasteiger charge is 2.35. The molecule has 0 aliphatic carbocycles. The van der Waals surface area contributed by atoms with Crippen LogP contribution in [-0.2, 0) is 22.6 Å². The number of carbonyl (C=O) groups excluding carboxylic acids is 1. The molecule has 32 heavy (non-hydrogen) atoms. The standard InChI is InChI=1S/C25H22FN3O3/c1-27-14-16-3-2-4-19(11-16)28-24(17-7-5-15(6-8-17)12-22(30)31)23-20-10-9-18(26)13-21(20)29-25(23)32/h2-11,13,23,27H,12,14H2,1H3,(H,29,32)(H,30,31). The highest BCUT2D eigenvalue weighted by molar-refractivity contribution is 6.24. The van der Waals surface area contributed by atoms with E-state index in [9.17, 15) is 14.0 Å². The number of amides is 1. The van der Waals surface area contributed by atoms with Gasteiger partial charge in [0.15, 0.2) is 0 Å². The number of carboxylic acid groups (broad SMARTS) is 1. The van der Waals surface area contributed by atoms with Gasteiger partial charge in [0.05, 0.1) is 17.8 Å². The van der Waals surface area contributed by atoms with Crippen molar-refractivity contribution in [3.05, 3.63) is 94.8 Å². The summed E-state index contributed by atoms with van der Waals surface area (Å²) in [6.07, 6.45) is -0.0924. The SMILES string of the molecule is CNCc1cccc(N=C(c2ccc(CC(=O)O)cc2)C2C(=O)Nc3cc(F)ccc32)c1. The van der Waals surface area contributed by atoms with Gasteiger partial charge in [0.2, 0.25) is 5.91 Å². The number of carbonyl (C=O) groups is 2. The zero-order chi connectivity index (χ0) is 22.7. The largest absolute Gasteiger partial charge is 0.481 e. The maximum atomic E-state index is 13.7.